The molecule has 2 saturated heterocycles. The highest BCUT2D eigenvalue weighted by Crippen LogP contribution is 2.27. The van der Waals surface area contributed by atoms with Gasteiger partial charge in [0.25, 0.3) is 5.91 Å². The number of Topliss-reactive ketones (excluding diaryl/α,β-unsaturated/α-hetero) is 1. The number of morpholine rings is 1. The van der Waals surface area contributed by atoms with E-state index in [1.54, 1.807) is 4.90 Å². The Morgan fingerprint density at radius 3 is 2.56 bits per heavy atom. The topological polar surface area (TPSA) is 76.9 Å². The second-order valence-corrected chi connectivity index (χ2v) is 10.8. The molecule has 1 aromatic heterocycles. The fourth-order valence-corrected chi connectivity index (χ4v) is 5.69. The first kappa shape index (κ1) is 29.1. The quantitative estimate of drug-likeness (QED) is 0.333. The van der Waals surface area contributed by atoms with Crippen molar-refractivity contribution in [3.05, 3.63) is 59.3 Å². The number of piperidine rings is 1. The number of hydrogen-bond acceptors (Lipinski definition) is 6. The lowest BCUT2D eigenvalue weighted by molar-refractivity contribution is -0.274. The van der Waals surface area contributed by atoms with E-state index >= 15 is 0 Å². The van der Waals surface area contributed by atoms with Crippen molar-refractivity contribution in [3.8, 4) is 5.75 Å². The van der Waals surface area contributed by atoms with Crippen molar-refractivity contribution in [2.75, 3.05) is 45.9 Å². The van der Waals surface area contributed by atoms with Gasteiger partial charge in [0.05, 0.1) is 18.7 Å². The minimum Gasteiger partial charge on any atom is -0.406 e. The van der Waals surface area contributed by atoms with E-state index < -0.39 is 12.1 Å². The molecule has 2 aromatic carbocycles. The minimum atomic E-state index is -4.81. The normalized spacial score (nSPS) is 17.2. The lowest BCUT2D eigenvalue weighted by Gasteiger charge is -2.32. The summed E-state index contributed by atoms with van der Waals surface area (Å²) in [5.41, 5.74) is 2.71. The summed E-state index contributed by atoms with van der Waals surface area (Å²) in [5, 5.41) is 5.70. The van der Waals surface area contributed by atoms with E-state index in [0.717, 1.165) is 80.2 Å². The van der Waals surface area contributed by atoms with E-state index in [1.807, 2.05) is 29.9 Å². The lowest BCUT2D eigenvalue weighted by atomic mass is 9.96. The summed E-state index contributed by atoms with van der Waals surface area (Å²) in [6, 6.07) is 8.98. The number of fused-ring (bicyclic) bond motifs is 1. The average molecular weight is 573 g/mol. The maximum atomic E-state index is 13.0. The number of carbonyl (C=O) groups excluding carboxylic acids is 2. The summed E-state index contributed by atoms with van der Waals surface area (Å²) < 4.78 is 48.9. The Hall–Kier alpha value is -3.44. The van der Waals surface area contributed by atoms with Crippen molar-refractivity contribution < 1.29 is 32.2 Å². The summed E-state index contributed by atoms with van der Waals surface area (Å²) in [6.07, 6.45) is 0.0341. The highest BCUT2D eigenvalue weighted by atomic mass is 19.4. The fourth-order valence-electron chi connectivity index (χ4n) is 5.69. The molecule has 0 bridgehead atoms. The standard InChI is InChI=1S/C30H35F3N4O4/c1-21-25(28(38)6-3-11-35-14-16-40-17-15-35)7-8-27-26(21)20-37(34-27)19-22-9-12-36(13-10-22)29(39)23-4-2-5-24(18-23)41-30(31,32)33/h2,4-5,7-8,18,20,22H,3,6,9-17,19H2,1H3. The van der Waals surface area contributed by atoms with Crippen LogP contribution < -0.4 is 4.74 Å². The van der Waals surface area contributed by atoms with Crippen LogP contribution >= 0.6 is 0 Å². The Morgan fingerprint density at radius 2 is 1.83 bits per heavy atom. The number of ketones is 1. The third kappa shape index (κ3) is 7.45. The zero-order chi connectivity index (χ0) is 29.0. The van der Waals surface area contributed by atoms with Gasteiger partial charge in [-0.05, 0) is 74.5 Å². The van der Waals surface area contributed by atoms with Crippen LogP contribution in [0.25, 0.3) is 10.9 Å². The van der Waals surface area contributed by atoms with Gasteiger partial charge in [-0.3, -0.25) is 19.2 Å². The molecule has 0 spiro atoms. The van der Waals surface area contributed by atoms with Crippen molar-refractivity contribution in [1.82, 2.24) is 19.6 Å². The van der Waals surface area contributed by atoms with E-state index in [9.17, 15) is 22.8 Å². The van der Waals surface area contributed by atoms with Gasteiger partial charge in [0.1, 0.15) is 5.75 Å². The Kier molecular flexibility index (Phi) is 8.94. The average Bonchev–Trinajstić information content (AvgIpc) is 3.36. The highest BCUT2D eigenvalue weighted by Gasteiger charge is 2.32. The maximum Gasteiger partial charge on any atom is 0.573 e. The van der Waals surface area contributed by atoms with Crippen LogP contribution in [-0.2, 0) is 11.3 Å². The van der Waals surface area contributed by atoms with Crippen LogP contribution in [0.1, 0.15) is 52.0 Å². The van der Waals surface area contributed by atoms with Crippen molar-refractivity contribution >= 4 is 22.6 Å². The molecule has 0 atom stereocenters. The molecule has 0 aliphatic carbocycles. The van der Waals surface area contributed by atoms with Crippen LogP contribution in [0.5, 0.6) is 5.75 Å². The van der Waals surface area contributed by atoms with Gasteiger partial charge in [0.15, 0.2) is 5.78 Å². The van der Waals surface area contributed by atoms with Crippen LogP contribution in [0.3, 0.4) is 0 Å². The zero-order valence-electron chi connectivity index (χ0n) is 23.2. The predicted octanol–water partition coefficient (Wildman–Crippen LogP) is 5.09. The number of ether oxygens (including phenoxy) is 2. The number of hydrogen-bond donors (Lipinski definition) is 0. The molecule has 41 heavy (non-hydrogen) atoms. The summed E-state index contributed by atoms with van der Waals surface area (Å²) in [6.45, 7) is 7.93. The zero-order valence-corrected chi connectivity index (χ0v) is 23.2. The smallest absolute Gasteiger partial charge is 0.406 e. The SMILES string of the molecule is Cc1c(C(=O)CCCN2CCOCC2)ccc2nn(CC3CCN(C(=O)c4cccc(OC(F)(F)F)c4)CC3)cc12. The molecule has 2 aliphatic heterocycles. The van der Waals surface area contributed by atoms with Crippen LogP contribution in [0.15, 0.2) is 42.6 Å². The second kappa shape index (κ2) is 12.6. The van der Waals surface area contributed by atoms with Crippen molar-refractivity contribution in [2.45, 2.75) is 45.5 Å². The van der Waals surface area contributed by atoms with Crippen LogP contribution in [0.4, 0.5) is 13.2 Å². The number of alkyl halides is 3. The number of amides is 1. The van der Waals surface area contributed by atoms with Gasteiger partial charge in [-0.2, -0.15) is 5.10 Å². The molecule has 0 unspecified atom stereocenters. The molecule has 1 amide bonds. The molecular formula is C30H35F3N4O4. The van der Waals surface area contributed by atoms with E-state index in [2.05, 4.69) is 9.64 Å². The molecule has 5 rings (SSSR count). The second-order valence-electron chi connectivity index (χ2n) is 10.8. The summed E-state index contributed by atoms with van der Waals surface area (Å²) >= 11 is 0. The number of aromatic nitrogens is 2. The Balaban J connectivity index is 1.15. The first-order valence-electron chi connectivity index (χ1n) is 14.1. The summed E-state index contributed by atoms with van der Waals surface area (Å²) in [4.78, 5) is 29.9. The van der Waals surface area contributed by atoms with Crippen LogP contribution in [-0.4, -0.2) is 83.6 Å². The molecule has 0 radical (unpaired) electrons. The van der Waals surface area contributed by atoms with E-state index in [4.69, 9.17) is 9.84 Å². The van der Waals surface area contributed by atoms with Gasteiger partial charge >= 0.3 is 6.36 Å². The predicted molar refractivity (Wildman–Crippen MR) is 147 cm³/mol. The van der Waals surface area contributed by atoms with E-state index in [1.165, 1.54) is 18.2 Å². The molecule has 3 heterocycles. The van der Waals surface area contributed by atoms with Crippen molar-refractivity contribution in [2.24, 2.45) is 5.92 Å². The van der Waals surface area contributed by atoms with Gasteiger partial charge in [-0.1, -0.05) is 6.07 Å². The Morgan fingerprint density at radius 1 is 1.07 bits per heavy atom. The number of likely N-dealkylation sites (tertiary alicyclic amines) is 1. The molecule has 0 saturated carbocycles. The molecule has 11 heteroatoms. The molecule has 0 N–H and O–H groups in total. The van der Waals surface area contributed by atoms with Gasteiger partial charge in [-0.15, -0.1) is 13.2 Å². The molecule has 3 aromatic rings. The number of aryl methyl sites for hydroxylation is 1. The van der Waals surface area contributed by atoms with Crippen LogP contribution in [0, 0.1) is 12.8 Å². The Labute approximate surface area is 237 Å². The Bertz CT molecular complexity index is 1380. The third-order valence-electron chi connectivity index (χ3n) is 7.95. The summed E-state index contributed by atoms with van der Waals surface area (Å²) in [5.74, 6) is -0.261. The maximum absolute atomic E-state index is 13.0. The van der Waals surface area contributed by atoms with Gasteiger partial charge in [0.2, 0.25) is 0 Å². The van der Waals surface area contributed by atoms with E-state index in [0.29, 0.717) is 32.0 Å². The molecule has 2 aliphatic rings. The number of rotatable bonds is 9. The number of halogens is 3. The monoisotopic (exact) mass is 572 g/mol. The van der Waals surface area contributed by atoms with Gasteiger partial charge in [-0.25, -0.2) is 0 Å². The van der Waals surface area contributed by atoms with Gasteiger partial charge in [0, 0.05) is 61.9 Å². The number of benzene rings is 2. The van der Waals surface area contributed by atoms with E-state index in [-0.39, 0.29) is 17.3 Å². The first-order valence-corrected chi connectivity index (χ1v) is 14.1. The number of carbonyl (C=O) groups is 2. The first-order chi connectivity index (χ1) is 19.7. The molecule has 8 nitrogen and oxygen atoms in total. The summed E-state index contributed by atoms with van der Waals surface area (Å²) in [7, 11) is 0. The fraction of sp³-hybridized carbons (Fsp3) is 0.500. The lowest BCUT2D eigenvalue weighted by Crippen LogP contribution is -2.39. The van der Waals surface area contributed by atoms with Crippen molar-refractivity contribution in [1.29, 1.82) is 0 Å². The number of nitrogens with zero attached hydrogens (tertiary/aromatic N) is 4. The minimum absolute atomic E-state index is 0.151. The third-order valence-corrected chi connectivity index (χ3v) is 7.95. The van der Waals surface area contributed by atoms with Crippen molar-refractivity contribution in [3.63, 3.8) is 0 Å². The molecule has 220 valence electrons. The highest BCUT2D eigenvalue weighted by molar-refractivity contribution is 6.01. The van der Waals surface area contributed by atoms with Gasteiger partial charge < -0.3 is 14.4 Å². The van der Waals surface area contributed by atoms with Crippen LogP contribution in [0.2, 0.25) is 0 Å². The largest absolute Gasteiger partial charge is 0.573 e. The molecule has 2 fully saturated rings. The molecular weight excluding hydrogens is 537 g/mol.